The van der Waals surface area contributed by atoms with Gasteiger partial charge in [-0.25, -0.2) is 85.1 Å². The zero-order valence-electron chi connectivity index (χ0n) is 71.2. The highest BCUT2D eigenvalue weighted by atomic mass is 31.2. The van der Waals surface area contributed by atoms with Crippen molar-refractivity contribution in [1.82, 2.24) is 103 Å². The predicted molar refractivity (Wildman–Crippen MR) is 436 cm³/mol. The third-order valence-corrected chi connectivity index (χ3v) is 24.2. The minimum atomic E-state index is -4.54. The number of alkyl halides is 7. The maximum absolute atomic E-state index is 16.3. The average Bonchev–Trinajstić information content (AvgIpc) is 1.58. The first-order valence-electron chi connectivity index (χ1n) is 40.1. The molecule has 48 nitrogen and oxygen atoms in total. The Hall–Kier alpha value is -11.7. The summed E-state index contributed by atoms with van der Waals surface area (Å²) in [6.45, 7) is 6.13. The Bertz CT molecular complexity index is 6400. The molecule has 1 saturated carbocycles. The minimum Gasteiger partial charge on any atom is -0.461 e. The third-order valence-electron chi connectivity index (χ3n) is 22.5. The molecule has 10 aromatic heterocycles. The van der Waals surface area contributed by atoms with Crippen LogP contribution < -0.4 is 37.4 Å². The maximum Gasteiger partial charge on any atom is 0.459 e. The Morgan fingerprint density at radius 1 is 0.489 bits per heavy atom. The number of halogens is 7. The van der Waals surface area contributed by atoms with Crippen molar-refractivity contribution in [3.8, 4) is 30.4 Å². The summed E-state index contributed by atoms with van der Waals surface area (Å²) in [6.07, 6.45) is 0.609. The fourth-order valence-corrected chi connectivity index (χ4v) is 17.0. The van der Waals surface area contributed by atoms with Crippen molar-refractivity contribution >= 4 is 69.5 Å². The molecular formula is C77H89F7N21O27P. The van der Waals surface area contributed by atoms with Gasteiger partial charge in [0.25, 0.3) is 57.1 Å². The van der Waals surface area contributed by atoms with Crippen molar-refractivity contribution in [1.29, 1.82) is 0 Å². The summed E-state index contributed by atoms with van der Waals surface area (Å²) >= 11 is 0. The molecule has 0 bridgehead atoms. The van der Waals surface area contributed by atoms with E-state index in [4.69, 9.17) is 70.7 Å². The van der Waals surface area contributed by atoms with Crippen LogP contribution in [0.1, 0.15) is 120 Å². The number of aromatic amines is 5. The van der Waals surface area contributed by atoms with Crippen LogP contribution in [0.5, 0.6) is 5.75 Å². The number of esters is 1. The third kappa shape index (κ3) is 17.8. The van der Waals surface area contributed by atoms with E-state index in [0.717, 1.165) is 107 Å². The van der Waals surface area contributed by atoms with Crippen molar-refractivity contribution in [2.24, 2.45) is 0 Å². The van der Waals surface area contributed by atoms with Crippen LogP contribution in [0.25, 0.3) is 55.8 Å². The van der Waals surface area contributed by atoms with Gasteiger partial charge in [-0.05, 0) is 100 Å². The summed E-state index contributed by atoms with van der Waals surface area (Å²) in [5.41, 5.74) is -15.6. The van der Waals surface area contributed by atoms with Gasteiger partial charge in [-0.15, -0.1) is 12.8 Å². The number of aromatic nitrogens is 20. The quantitative estimate of drug-likeness (QED) is 0.0209. The number of carbonyl (C=O) groups excluding carboxylic acids is 1. The van der Waals surface area contributed by atoms with E-state index in [0.29, 0.717) is 5.82 Å². The van der Waals surface area contributed by atoms with Crippen LogP contribution in [0.2, 0.25) is 0 Å². The smallest absolute Gasteiger partial charge is 0.459 e. The summed E-state index contributed by atoms with van der Waals surface area (Å²) in [5, 5.41) is 121. The lowest BCUT2D eigenvalue weighted by Crippen LogP contribution is -2.49. The molecule has 718 valence electrons. The zero-order chi connectivity index (χ0) is 97.5. The van der Waals surface area contributed by atoms with Gasteiger partial charge in [-0.3, -0.25) is 56.1 Å². The molecule has 17 rings (SSSR count). The van der Waals surface area contributed by atoms with Gasteiger partial charge in [0.15, 0.2) is 111 Å². The summed E-state index contributed by atoms with van der Waals surface area (Å²) in [7, 11) is -4.54. The van der Waals surface area contributed by atoms with Gasteiger partial charge in [0.2, 0.25) is 11.3 Å². The maximum atomic E-state index is 16.3. The lowest BCUT2D eigenvalue weighted by molar-refractivity contribution is -0.206. The minimum absolute atomic E-state index is 0.00971. The Kier molecular flexibility index (Phi) is 27.0. The van der Waals surface area contributed by atoms with Crippen LogP contribution in [-0.2, 0) is 42.3 Å². The molecule has 56 heteroatoms. The largest absolute Gasteiger partial charge is 0.461 e. The molecule has 0 radical (unpaired) electrons. The molecule has 0 spiro atoms. The van der Waals surface area contributed by atoms with E-state index in [-0.39, 0.29) is 91.0 Å². The first-order chi connectivity index (χ1) is 62.2. The molecule has 11 aromatic rings. The van der Waals surface area contributed by atoms with Gasteiger partial charge in [0.05, 0.1) is 31.6 Å². The SMILES string of the molecule is C#C[C@]1(F)[C@H](n2cnc3c(=O)[nH]c(C)nc32)O[C@](F)(CO)[C@H]1O.C#C[C@]1(O)[C@H](n2cnc3c(=O)[nH]c(C)nc32)O[C@](F)(CO)[C@H]1O.Cc1nc2c(ncn2[C@@H]2O[C@](F)(CO)[C@@H](O)[C@@]2(C)F)c(=O)[nH]1.Cc1nc2c(ncn2[C@@H]2O[C@](F)(CO)[C@@H](O)[C@@]2(C)O)c(=O)[nH]1.Cc1nc2c(ncn2[C@@H]2O[C@](F)(COP(=O)(NC(C)C(=O)OC3CCCCC3)Oc3ccccc3)[C@@H](O)[C@@]2(C)O)c(=O)[nH]1. The van der Waals surface area contributed by atoms with E-state index in [1.54, 1.807) is 31.0 Å². The molecule has 1 aliphatic carbocycles. The Morgan fingerprint density at radius 2 is 0.812 bits per heavy atom. The highest BCUT2D eigenvalue weighted by Gasteiger charge is 2.70. The number of nitrogens with one attached hydrogen (secondary N) is 6. The number of hydrogen-bond donors (Lipinski definition) is 18. The van der Waals surface area contributed by atoms with Crippen LogP contribution in [0.15, 0.2) is 85.9 Å². The van der Waals surface area contributed by atoms with Crippen molar-refractivity contribution in [2.75, 3.05) is 33.0 Å². The molecule has 1 aromatic carbocycles. The van der Waals surface area contributed by atoms with E-state index < -0.39 is 200 Å². The average molecular weight is 1900 g/mol. The highest BCUT2D eigenvalue weighted by molar-refractivity contribution is 7.52. The van der Waals surface area contributed by atoms with E-state index in [1.807, 2.05) is 5.92 Å². The van der Waals surface area contributed by atoms with Crippen molar-refractivity contribution in [2.45, 2.75) is 226 Å². The number of ether oxygens (including phenoxy) is 6. The number of fused-ring (bicyclic) bond motifs is 5. The number of carbonyl (C=O) groups is 1. The second-order valence-corrected chi connectivity index (χ2v) is 34.2. The van der Waals surface area contributed by atoms with E-state index in [2.05, 4.69) is 79.8 Å². The second-order valence-electron chi connectivity index (χ2n) is 32.5. The van der Waals surface area contributed by atoms with Crippen LogP contribution in [0, 0.1) is 59.3 Å². The van der Waals surface area contributed by atoms with E-state index in [9.17, 15) is 101 Å². The molecule has 133 heavy (non-hydrogen) atoms. The first-order valence-corrected chi connectivity index (χ1v) is 41.6. The van der Waals surface area contributed by atoms with Crippen LogP contribution in [0.3, 0.4) is 0 Å². The lowest BCUT2D eigenvalue weighted by atomic mass is 9.94. The number of aliphatic hydroxyl groups excluding tert-OH is 9. The number of H-pyrrole nitrogens is 5. The fourth-order valence-electron chi connectivity index (χ4n) is 15.5. The monoisotopic (exact) mass is 1900 g/mol. The number of rotatable bonds is 18. The molecule has 5 aliphatic heterocycles. The number of terminal acetylenes is 2. The van der Waals surface area contributed by atoms with E-state index in [1.165, 1.54) is 46.8 Å². The zero-order valence-corrected chi connectivity index (χ0v) is 72.1. The van der Waals surface area contributed by atoms with Crippen molar-refractivity contribution < 1.29 is 139 Å². The Morgan fingerprint density at radius 3 is 1.18 bits per heavy atom. The number of hydrogen-bond acceptors (Lipinski definition) is 37. The van der Waals surface area contributed by atoms with Gasteiger partial charge in [0, 0.05) is 0 Å². The van der Waals surface area contributed by atoms with Gasteiger partial charge in [0.1, 0.15) is 103 Å². The van der Waals surface area contributed by atoms with Gasteiger partial charge < -0.3 is 119 Å². The molecule has 6 aliphatic rings. The van der Waals surface area contributed by atoms with E-state index >= 15 is 4.39 Å². The fraction of sp³-hybridized carbons (Fsp3) is 0.532. The molecule has 0 amide bonds. The second kappa shape index (κ2) is 36.3. The predicted octanol–water partition coefficient (Wildman–Crippen LogP) is -1.12. The summed E-state index contributed by atoms with van der Waals surface area (Å²) in [5.74, 6) is -10.8. The number of nitrogens with zero attached hydrogens (tertiary/aromatic N) is 15. The standard InChI is InChI=1S/C27H35FN5O9P.C13H12F2N4O4.C13H13FN4O5.C12H14F2N4O4.C12H15FN4O5/c1-16(23(35)40-18-10-6-4-7-11-18)32-43(38,42-19-12-8-5-9-13-19)39-14-27(28)24(36)26(3,37)25(41-27)33-15-29-20-21(33)30-17(2)31-22(20)34;1-3-12(14)10(22)13(15,4-20)23-11(12)19-5-16-7-8(19)17-6(2)18-9(7)21;1-3-12(22)10(21)13(14,4-19)23-11(12)18-5-15-7-8(18)16-6(2)17-9(7)20;1-5-16-7-6(8(20)17-5)15-4-18(7)10-11(2,13)9(21)12(14,3-19)22-10;1-5-15-7-6(8(19)16-5)14-4-17(7)10-11(2,21)9(20)12(13,3-18)22-10/h5,8-9,12-13,15-16,18,24-25,36-37H,4,6-7,10-11,14H2,1-3H3,(H,32,38)(H,30,31,34);1,5,10-11,20,22H,4H2,2H3,(H,17,18,21);1,5,10-11,19,21-22H,4H2,2H3,(H,16,17,20);4,9-10,19,21H,3H2,1-2H3,(H,16,17,20);4,9-10,18,20-21H,3H2,1-2H3,(H,15,16,19)/t16?,24-,25+,26+,27+,43?;2*10-,11+,12+,13+;2*9-,10+,11+,12+/m00000/s1. The summed E-state index contributed by atoms with van der Waals surface area (Å²) in [4.78, 5) is 124. The number of para-hydroxylation sites is 1. The molecule has 6 fully saturated rings. The highest BCUT2D eigenvalue weighted by Crippen LogP contribution is 2.54. The van der Waals surface area contributed by atoms with Crippen LogP contribution in [-0.4, -0.2) is 298 Å². The molecule has 22 atom stereocenters. The number of imidazole rings is 5. The molecule has 15 heterocycles. The van der Waals surface area contributed by atoms with Crippen molar-refractivity contribution in [3.05, 3.63) is 143 Å². The number of aryl methyl sites for hydroxylation is 5. The normalized spacial score (nSPS) is 32.6. The molecule has 18 N–H and O–H groups in total. The summed E-state index contributed by atoms with van der Waals surface area (Å²) < 4.78 is 164. The topological polar surface area (TPSA) is 681 Å². The number of benzene rings is 1. The van der Waals surface area contributed by atoms with Crippen molar-refractivity contribution in [3.63, 3.8) is 0 Å². The lowest BCUT2D eigenvalue weighted by Gasteiger charge is -2.29. The van der Waals surface area contributed by atoms with Gasteiger partial charge >= 0.3 is 13.7 Å². The Labute approximate surface area is 740 Å². The van der Waals surface area contributed by atoms with Crippen LogP contribution >= 0.6 is 7.75 Å². The number of aliphatic hydroxyl groups is 12. The van der Waals surface area contributed by atoms with Gasteiger partial charge in [-0.1, -0.05) is 36.5 Å². The van der Waals surface area contributed by atoms with Crippen LogP contribution in [0.4, 0.5) is 30.7 Å². The van der Waals surface area contributed by atoms with Gasteiger partial charge in [-0.2, -0.15) is 5.09 Å². The molecule has 5 saturated heterocycles. The Balaban J connectivity index is 0.000000146. The first kappa shape index (κ1) is 98.8. The molecular weight excluding hydrogens is 1810 g/mol. The molecule has 2 unspecified atom stereocenters. The summed E-state index contributed by atoms with van der Waals surface area (Å²) in [6, 6.07) is 6.70.